The summed E-state index contributed by atoms with van der Waals surface area (Å²) >= 11 is 0. The normalized spacial score (nSPS) is 22.6. The molecule has 2 aliphatic rings. The Kier molecular flexibility index (Phi) is 7.92. The van der Waals surface area contributed by atoms with E-state index in [9.17, 15) is 0 Å². The van der Waals surface area contributed by atoms with E-state index in [-0.39, 0.29) is 0 Å². The fourth-order valence-electron chi connectivity index (χ4n) is 3.61. The van der Waals surface area contributed by atoms with Crippen molar-refractivity contribution in [1.82, 2.24) is 15.1 Å². The topological polar surface area (TPSA) is 18.5 Å². The molecule has 0 spiro atoms. The van der Waals surface area contributed by atoms with Crippen molar-refractivity contribution < 1.29 is 0 Å². The summed E-state index contributed by atoms with van der Waals surface area (Å²) in [6, 6.07) is 0. The molecule has 2 saturated heterocycles. The zero-order chi connectivity index (χ0) is 14.0. The first-order chi connectivity index (χ1) is 9.88. The van der Waals surface area contributed by atoms with Crippen LogP contribution in [-0.2, 0) is 0 Å². The standard InChI is InChI=1S/C17H35N3/c1-2-9-18-10-3-4-11-19-14-7-17(8-15-19)16-20-12-5-6-13-20/h17-18H,2-16H2,1H3. The molecule has 2 fully saturated rings. The first kappa shape index (κ1) is 16.3. The van der Waals surface area contributed by atoms with Crippen LogP contribution in [0.2, 0.25) is 0 Å². The van der Waals surface area contributed by atoms with Crippen LogP contribution in [0.1, 0.15) is 51.9 Å². The maximum absolute atomic E-state index is 3.50. The fraction of sp³-hybridized carbons (Fsp3) is 1.00. The Hall–Kier alpha value is -0.120. The van der Waals surface area contributed by atoms with Gasteiger partial charge in [0.1, 0.15) is 0 Å². The number of nitrogens with zero attached hydrogens (tertiary/aromatic N) is 2. The van der Waals surface area contributed by atoms with E-state index in [0.29, 0.717) is 0 Å². The summed E-state index contributed by atoms with van der Waals surface area (Å²) in [5.41, 5.74) is 0. The molecule has 0 aliphatic carbocycles. The maximum Gasteiger partial charge on any atom is 0.00106 e. The van der Waals surface area contributed by atoms with Gasteiger partial charge in [-0.05, 0) is 96.7 Å². The Morgan fingerprint density at radius 2 is 1.65 bits per heavy atom. The van der Waals surface area contributed by atoms with E-state index in [2.05, 4.69) is 22.0 Å². The van der Waals surface area contributed by atoms with Gasteiger partial charge in [0.25, 0.3) is 0 Å². The van der Waals surface area contributed by atoms with E-state index in [4.69, 9.17) is 0 Å². The molecule has 3 heteroatoms. The predicted molar refractivity (Wildman–Crippen MR) is 87.2 cm³/mol. The molecule has 118 valence electrons. The molecule has 1 N–H and O–H groups in total. The molecule has 0 amide bonds. The van der Waals surface area contributed by atoms with Crippen molar-refractivity contribution in [1.29, 1.82) is 0 Å². The van der Waals surface area contributed by atoms with E-state index >= 15 is 0 Å². The molecule has 20 heavy (non-hydrogen) atoms. The average molecular weight is 281 g/mol. The Bertz CT molecular complexity index is 230. The zero-order valence-corrected chi connectivity index (χ0v) is 13.6. The number of nitrogens with one attached hydrogen (secondary N) is 1. The second-order valence-electron chi connectivity index (χ2n) is 6.75. The van der Waals surface area contributed by atoms with Gasteiger partial charge in [0.15, 0.2) is 0 Å². The number of hydrogen-bond donors (Lipinski definition) is 1. The molecule has 0 atom stereocenters. The van der Waals surface area contributed by atoms with Gasteiger partial charge in [0.2, 0.25) is 0 Å². The Morgan fingerprint density at radius 1 is 0.900 bits per heavy atom. The van der Waals surface area contributed by atoms with E-state index in [1.54, 1.807) is 0 Å². The third kappa shape index (κ3) is 6.11. The van der Waals surface area contributed by atoms with Crippen molar-refractivity contribution in [2.45, 2.75) is 51.9 Å². The average Bonchev–Trinajstić information content (AvgIpc) is 2.97. The van der Waals surface area contributed by atoms with Crippen LogP contribution in [-0.4, -0.2) is 62.2 Å². The van der Waals surface area contributed by atoms with Crippen molar-refractivity contribution >= 4 is 0 Å². The van der Waals surface area contributed by atoms with Gasteiger partial charge in [-0.3, -0.25) is 0 Å². The first-order valence-electron chi connectivity index (χ1n) is 9.04. The van der Waals surface area contributed by atoms with Crippen LogP contribution in [0.15, 0.2) is 0 Å². The van der Waals surface area contributed by atoms with Gasteiger partial charge in [-0.1, -0.05) is 6.92 Å². The van der Waals surface area contributed by atoms with Crippen LogP contribution in [0.3, 0.4) is 0 Å². The molecule has 2 heterocycles. The predicted octanol–water partition coefficient (Wildman–Crippen LogP) is 2.57. The minimum Gasteiger partial charge on any atom is -0.317 e. The quantitative estimate of drug-likeness (QED) is 0.655. The number of rotatable bonds is 9. The summed E-state index contributed by atoms with van der Waals surface area (Å²) in [5, 5.41) is 3.50. The third-order valence-electron chi connectivity index (χ3n) is 4.93. The summed E-state index contributed by atoms with van der Waals surface area (Å²) in [6.07, 6.45) is 9.71. The second kappa shape index (κ2) is 9.75. The highest BCUT2D eigenvalue weighted by atomic mass is 15.2. The van der Waals surface area contributed by atoms with Crippen molar-refractivity contribution in [2.75, 3.05) is 52.4 Å². The lowest BCUT2D eigenvalue weighted by atomic mass is 9.96. The van der Waals surface area contributed by atoms with Crippen molar-refractivity contribution in [3.63, 3.8) is 0 Å². The third-order valence-corrected chi connectivity index (χ3v) is 4.93. The van der Waals surface area contributed by atoms with Crippen LogP contribution in [0, 0.1) is 5.92 Å². The highest BCUT2D eigenvalue weighted by molar-refractivity contribution is 4.77. The SMILES string of the molecule is CCCNCCCCN1CCC(CN2CCCC2)CC1. The Balaban J connectivity index is 1.46. The fourth-order valence-corrected chi connectivity index (χ4v) is 3.61. The van der Waals surface area contributed by atoms with Gasteiger partial charge in [0.05, 0.1) is 0 Å². The molecule has 0 aromatic heterocycles. The lowest BCUT2D eigenvalue weighted by Crippen LogP contribution is -2.38. The van der Waals surface area contributed by atoms with E-state index in [1.165, 1.54) is 97.3 Å². The molecular formula is C17H35N3. The molecule has 0 saturated carbocycles. The highest BCUT2D eigenvalue weighted by Crippen LogP contribution is 2.20. The summed E-state index contributed by atoms with van der Waals surface area (Å²) in [7, 11) is 0. The summed E-state index contributed by atoms with van der Waals surface area (Å²) in [4.78, 5) is 5.39. The number of piperidine rings is 1. The van der Waals surface area contributed by atoms with Gasteiger partial charge in [-0.15, -0.1) is 0 Å². The molecule has 0 radical (unpaired) electrons. The molecular weight excluding hydrogens is 246 g/mol. The lowest BCUT2D eigenvalue weighted by Gasteiger charge is -2.33. The molecule has 3 nitrogen and oxygen atoms in total. The summed E-state index contributed by atoms with van der Waals surface area (Å²) < 4.78 is 0. The van der Waals surface area contributed by atoms with Crippen LogP contribution in [0.5, 0.6) is 0 Å². The number of hydrogen-bond acceptors (Lipinski definition) is 3. The Labute approximate surface area is 126 Å². The molecule has 0 aromatic carbocycles. The highest BCUT2D eigenvalue weighted by Gasteiger charge is 2.22. The van der Waals surface area contributed by atoms with E-state index < -0.39 is 0 Å². The first-order valence-corrected chi connectivity index (χ1v) is 9.04. The monoisotopic (exact) mass is 281 g/mol. The van der Waals surface area contributed by atoms with E-state index in [0.717, 1.165) is 5.92 Å². The minimum absolute atomic E-state index is 0.982. The zero-order valence-electron chi connectivity index (χ0n) is 13.6. The Morgan fingerprint density at radius 3 is 2.35 bits per heavy atom. The summed E-state index contributed by atoms with van der Waals surface area (Å²) in [6.45, 7) is 12.8. The van der Waals surface area contributed by atoms with Crippen LogP contribution >= 0.6 is 0 Å². The van der Waals surface area contributed by atoms with Gasteiger partial charge in [-0.2, -0.15) is 0 Å². The number of unbranched alkanes of at least 4 members (excludes halogenated alkanes) is 1. The smallest absolute Gasteiger partial charge is 0.00106 e. The van der Waals surface area contributed by atoms with Crippen LogP contribution < -0.4 is 5.32 Å². The number of likely N-dealkylation sites (tertiary alicyclic amines) is 2. The lowest BCUT2D eigenvalue weighted by molar-refractivity contribution is 0.152. The molecule has 0 aromatic rings. The van der Waals surface area contributed by atoms with Gasteiger partial charge in [-0.25, -0.2) is 0 Å². The molecule has 2 rings (SSSR count). The van der Waals surface area contributed by atoms with Gasteiger partial charge >= 0.3 is 0 Å². The van der Waals surface area contributed by atoms with Crippen molar-refractivity contribution in [2.24, 2.45) is 5.92 Å². The molecule has 2 aliphatic heterocycles. The van der Waals surface area contributed by atoms with Crippen molar-refractivity contribution in [3.8, 4) is 0 Å². The summed E-state index contributed by atoms with van der Waals surface area (Å²) in [5.74, 6) is 0.982. The maximum atomic E-state index is 3.50. The van der Waals surface area contributed by atoms with E-state index in [1.807, 2.05) is 0 Å². The second-order valence-corrected chi connectivity index (χ2v) is 6.75. The largest absolute Gasteiger partial charge is 0.317 e. The van der Waals surface area contributed by atoms with Crippen LogP contribution in [0.4, 0.5) is 0 Å². The minimum atomic E-state index is 0.982. The van der Waals surface area contributed by atoms with Gasteiger partial charge < -0.3 is 15.1 Å². The van der Waals surface area contributed by atoms with Gasteiger partial charge in [0, 0.05) is 6.54 Å². The molecule has 0 bridgehead atoms. The van der Waals surface area contributed by atoms with Crippen molar-refractivity contribution in [3.05, 3.63) is 0 Å². The molecule has 0 unspecified atom stereocenters. The van der Waals surface area contributed by atoms with Crippen LogP contribution in [0.25, 0.3) is 0 Å².